The van der Waals surface area contributed by atoms with E-state index in [9.17, 15) is 8.42 Å². The van der Waals surface area contributed by atoms with Crippen molar-refractivity contribution < 1.29 is 17.9 Å². The number of nitrogens with zero attached hydrogens (tertiary/aromatic N) is 3. The molecule has 3 heterocycles. The zero-order valence-corrected chi connectivity index (χ0v) is 22.1. The first kappa shape index (κ1) is 23.4. The van der Waals surface area contributed by atoms with Crippen molar-refractivity contribution in [3.8, 4) is 5.88 Å². The van der Waals surface area contributed by atoms with Gasteiger partial charge in [0.1, 0.15) is 24.2 Å². The number of pyridine rings is 1. The lowest BCUT2D eigenvalue weighted by atomic mass is 10.1. The normalized spacial score (nSPS) is 20.3. The van der Waals surface area contributed by atoms with Gasteiger partial charge in [0.05, 0.1) is 10.9 Å². The molecule has 34 heavy (non-hydrogen) atoms. The minimum absolute atomic E-state index is 0.186. The lowest BCUT2D eigenvalue weighted by molar-refractivity contribution is 0.0897. The largest absolute Gasteiger partial charge is 0.471 e. The number of fused-ring (bicyclic) bond motifs is 3. The highest BCUT2D eigenvalue weighted by Gasteiger charge is 2.46. The fraction of sp³-hybridized carbons (Fsp3) is 0.480. The Labute approximate surface area is 202 Å². The van der Waals surface area contributed by atoms with Gasteiger partial charge in [-0.25, -0.2) is 8.42 Å². The lowest BCUT2D eigenvalue weighted by Gasteiger charge is -2.38. The average Bonchev–Trinajstić information content (AvgIpc) is 3.39. The molecular formula is C25H33N3O4SSi. The number of benzene rings is 1. The van der Waals surface area contributed by atoms with Crippen molar-refractivity contribution in [3.05, 3.63) is 48.2 Å². The predicted molar refractivity (Wildman–Crippen MR) is 137 cm³/mol. The van der Waals surface area contributed by atoms with Crippen LogP contribution in [0.15, 0.2) is 47.5 Å². The van der Waals surface area contributed by atoms with Gasteiger partial charge >= 0.3 is 0 Å². The summed E-state index contributed by atoms with van der Waals surface area (Å²) in [6.45, 7) is 10.1. The van der Waals surface area contributed by atoms with Gasteiger partial charge in [-0.3, -0.25) is 4.31 Å². The van der Waals surface area contributed by atoms with Crippen LogP contribution < -0.4 is 9.04 Å². The number of hydrogen-bond donors (Lipinski definition) is 0. The maximum Gasteiger partial charge on any atom is 0.264 e. The van der Waals surface area contributed by atoms with E-state index >= 15 is 0 Å². The second-order valence-electron chi connectivity index (χ2n) is 10.6. The van der Waals surface area contributed by atoms with E-state index in [1.54, 1.807) is 16.4 Å². The quantitative estimate of drug-likeness (QED) is 0.331. The standard InChI is InChI=1S/C25H33N3O4SSi/c1-18-8-10-20(11-9-18)33(29,30)28-21-6-5-7-23(21)32-25-22(28)16-19-12-13-27(24(19)26-25)17-31-14-15-34(2,3)4/h8-13,16,21,23H,5-7,14-15,17H2,1-4H3/t21?,23-/m1/s1. The lowest BCUT2D eigenvalue weighted by Crippen LogP contribution is -2.49. The van der Waals surface area contributed by atoms with E-state index < -0.39 is 18.1 Å². The number of hydrogen-bond acceptors (Lipinski definition) is 5. The van der Waals surface area contributed by atoms with Crippen LogP contribution in [0, 0.1) is 6.92 Å². The highest BCUT2D eigenvalue weighted by molar-refractivity contribution is 7.92. The van der Waals surface area contributed by atoms with Crippen LogP contribution in [0.4, 0.5) is 5.69 Å². The molecular weight excluding hydrogens is 466 g/mol. The third-order valence-corrected chi connectivity index (χ3v) is 10.3. The fourth-order valence-electron chi connectivity index (χ4n) is 4.74. The number of rotatable bonds is 7. The molecule has 1 aromatic carbocycles. The van der Waals surface area contributed by atoms with E-state index in [-0.39, 0.29) is 12.1 Å². The molecule has 3 aromatic rings. The topological polar surface area (TPSA) is 73.7 Å². The first-order chi connectivity index (χ1) is 16.1. The van der Waals surface area contributed by atoms with Crippen molar-refractivity contribution in [2.24, 2.45) is 0 Å². The van der Waals surface area contributed by atoms with E-state index in [1.165, 1.54) is 0 Å². The molecule has 182 valence electrons. The maximum absolute atomic E-state index is 13.8. The molecule has 2 atom stereocenters. The predicted octanol–water partition coefficient (Wildman–Crippen LogP) is 5.17. The van der Waals surface area contributed by atoms with E-state index in [2.05, 4.69) is 19.6 Å². The SMILES string of the molecule is Cc1ccc(S(=O)(=O)N2c3cc4ccn(COCC[Si](C)(C)C)c4nc3O[C@@H]3CCCC32)cc1. The van der Waals surface area contributed by atoms with Crippen molar-refractivity contribution >= 4 is 34.8 Å². The van der Waals surface area contributed by atoms with Gasteiger partial charge in [0.25, 0.3) is 10.0 Å². The number of sulfonamides is 1. The first-order valence-corrected chi connectivity index (χ1v) is 17.1. The maximum atomic E-state index is 13.8. The third kappa shape index (κ3) is 4.36. The Balaban J connectivity index is 1.50. The van der Waals surface area contributed by atoms with Gasteiger partial charge in [-0.15, -0.1) is 0 Å². The number of anilines is 1. The summed E-state index contributed by atoms with van der Waals surface area (Å²) in [5.74, 6) is 0.383. The van der Waals surface area contributed by atoms with Gasteiger partial charge in [0.15, 0.2) is 0 Å². The first-order valence-electron chi connectivity index (χ1n) is 12.0. The van der Waals surface area contributed by atoms with Gasteiger partial charge in [-0.2, -0.15) is 4.98 Å². The Kier molecular flexibility index (Phi) is 5.98. The highest BCUT2D eigenvalue weighted by Crippen LogP contribution is 2.45. The fourth-order valence-corrected chi connectivity index (χ4v) is 7.19. The summed E-state index contributed by atoms with van der Waals surface area (Å²) >= 11 is 0. The van der Waals surface area contributed by atoms with E-state index in [0.29, 0.717) is 23.2 Å². The second-order valence-corrected chi connectivity index (χ2v) is 18.1. The van der Waals surface area contributed by atoms with Crippen LogP contribution in [0.2, 0.25) is 25.7 Å². The molecule has 1 saturated carbocycles. The minimum atomic E-state index is -3.75. The Hall–Kier alpha value is -2.36. The van der Waals surface area contributed by atoms with Gasteiger partial charge in [0.2, 0.25) is 5.88 Å². The van der Waals surface area contributed by atoms with Crippen LogP contribution in [0.5, 0.6) is 5.88 Å². The molecule has 7 nitrogen and oxygen atoms in total. The summed E-state index contributed by atoms with van der Waals surface area (Å²) in [7, 11) is -4.91. The third-order valence-electron chi connectivity index (χ3n) is 6.71. The summed E-state index contributed by atoms with van der Waals surface area (Å²) in [5, 5.41) is 0.872. The molecule has 1 unspecified atom stereocenters. The molecule has 0 amide bonds. The number of aryl methyl sites for hydroxylation is 1. The Morgan fingerprint density at radius 2 is 1.91 bits per heavy atom. The molecule has 1 aliphatic heterocycles. The van der Waals surface area contributed by atoms with Crippen molar-refractivity contribution in [2.45, 2.75) is 75.6 Å². The van der Waals surface area contributed by atoms with Gasteiger partial charge in [0, 0.05) is 26.3 Å². The molecule has 5 rings (SSSR count). The van der Waals surface area contributed by atoms with Crippen LogP contribution >= 0.6 is 0 Å². The van der Waals surface area contributed by atoms with Crippen molar-refractivity contribution in [2.75, 3.05) is 10.9 Å². The van der Waals surface area contributed by atoms with Crippen LogP contribution in [0.3, 0.4) is 0 Å². The summed E-state index contributed by atoms with van der Waals surface area (Å²) in [5.41, 5.74) is 2.29. The Morgan fingerprint density at radius 1 is 1.15 bits per heavy atom. The zero-order valence-electron chi connectivity index (χ0n) is 20.3. The number of aromatic nitrogens is 2. The summed E-state index contributed by atoms with van der Waals surface area (Å²) in [4.78, 5) is 5.09. The monoisotopic (exact) mass is 499 g/mol. The van der Waals surface area contributed by atoms with Crippen molar-refractivity contribution in [1.82, 2.24) is 9.55 Å². The summed E-state index contributed by atoms with van der Waals surface area (Å²) in [6, 6.07) is 11.8. The smallest absolute Gasteiger partial charge is 0.264 e. The summed E-state index contributed by atoms with van der Waals surface area (Å²) < 4.78 is 43.4. The average molecular weight is 500 g/mol. The van der Waals surface area contributed by atoms with Crippen LogP contribution in [0.1, 0.15) is 24.8 Å². The Morgan fingerprint density at radius 3 is 2.65 bits per heavy atom. The molecule has 0 radical (unpaired) electrons. The number of ether oxygens (including phenoxy) is 2. The van der Waals surface area contributed by atoms with Gasteiger partial charge in [-0.1, -0.05) is 37.3 Å². The molecule has 0 saturated heterocycles. The second kappa shape index (κ2) is 8.69. The highest BCUT2D eigenvalue weighted by atomic mass is 32.2. The molecule has 1 aliphatic carbocycles. The molecule has 9 heteroatoms. The molecule has 2 aliphatic rings. The van der Waals surface area contributed by atoms with Crippen molar-refractivity contribution in [1.29, 1.82) is 0 Å². The zero-order chi connectivity index (χ0) is 24.1. The summed E-state index contributed by atoms with van der Waals surface area (Å²) in [6.07, 6.45) is 4.29. The van der Waals surface area contributed by atoms with E-state index in [1.807, 2.05) is 42.0 Å². The van der Waals surface area contributed by atoms with Gasteiger partial charge < -0.3 is 14.0 Å². The van der Waals surface area contributed by atoms with Crippen molar-refractivity contribution in [3.63, 3.8) is 0 Å². The minimum Gasteiger partial charge on any atom is -0.471 e. The van der Waals surface area contributed by atoms with Gasteiger partial charge in [-0.05, 0) is 56.5 Å². The molecule has 0 N–H and O–H groups in total. The molecule has 0 bridgehead atoms. The van der Waals surface area contributed by atoms with Crippen LogP contribution in [0.25, 0.3) is 11.0 Å². The molecule has 2 aromatic heterocycles. The molecule has 1 fully saturated rings. The van der Waals surface area contributed by atoms with Crippen LogP contribution in [-0.2, 0) is 21.5 Å². The Bertz CT molecular complexity index is 1300. The molecule has 0 spiro atoms. The van der Waals surface area contributed by atoms with E-state index in [4.69, 9.17) is 14.5 Å². The van der Waals surface area contributed by atoms with E-state index in [0.717, 1.165) is 48.5 Å². The van der Waals surface area contributed by atoms with Crippen LogP contribution in [-0.4, -0.2) is 44.8 Å².